The minimum atomic E-state index is -2.96. The van der Waals surface area contributed by atoms with Gasteiger partial charge in [0.1, 0.15) is 15.9 Å². The molecule has 0 unspecified atom stereocenters. The maximum atomic E-state index is 10.9. The van der Waals surface area contributed by atoms with Crippen molar-refractivity contribution in [1.82, 2.24) is 0 Å². The third-order valence-electron chi connectivity index (χ3n) is 1.80. The summed E-state index contributed by atoms with van der Waals surface area (Å²) in [5.41, 5.74) is 0.405. The molecule has 6 heteroatoms. The molecule has 0 atom stereocenters. The largest absolute Gasteiger partial charge is 0.229 e. The number of benzene rings is 1. The quantitative estimate of drug-likeness (QED) is 0.792. The van der Waals surface area contributed by atoms with Crippen LogP contribution in [0, 0.1) is 11.3 Å². The van der Waals surface area contributed by atoms with Crippen molar-refractivity contribution in [3.63, 3.8) is 0 Å². The monoisotopic (exact) mass is 275 g/mol. The first-order valence-electron chi connectivity index (χ1n) is 4.43. The molecule has 3 nitrogen and oxygen atoms in total. The van der Waals surface area contributed by atoms with Crippen LogP contribution in [-0.2, 0) is 9.84 Å². The Morgan fingerprint density at radius 2 is 2.19 bits per heavy atom. The highest BCUT2D eigenvalue weighted by Crippen LogP contribution is 2.27. The van der Waals surface area contributed by atoms with E-state index < -0.39 is 9.84 Å². The van der Waals surface area contributed by atoms with E-state index in [1.54, 1.807) is 18.2 Å². The van der Waals surface area contributed by atoms with Crippen molar-refractivity contribution in [2.45, 2.75) is 4.90 Å². The molecule has 0 radical (unpaired) electrons. The van der Waals surface area contributed by atoms with Gasteiger partial charge in [-0.15, -0.1) is 11.8 Å². The van der Waals surface area contributed by atoms with Crippen LogP contribution in [0.1, 0.15) is 5.56 Å². The maximum absolute atomic E-state index is 10.9. The maximum Gasteiger partial charge on any atom is 0.148 e. The molecule has 0 aliphatic carbocycles. The molecule has 1 aromatic carbocycles. The van der Waals surface area contributed by atoms with Gasteiger partial charge in [0, 0.05) is 16.9 Å². The van der Waals surface area contributed by atoms with E-state index in [1.807, 2.05) is 6.07 Å². The summed E-state index contributed by atoms with van der Waals surface area (Å²) in [6.07, 6.45) is 1.19. The summed E-state index contributed by atoms with van der Waals surface area (Å²) >= 11 is 7.17. The second-order valence-corrected chi connectivity index (χ2v) is 7.01. The van der Waals surface area contributed by atoms with Crippen LogP contribution in [0.5, 0.6) is 0 Å². The Morgan fingerprint density at radius 1 is 1.50 bits per heavy atom. The van der Waals surface area contributed by atoms with E-state index in [1.165, 1.54) is 18.0 Å². The first-order chi connectivity index (χ1) is 7.44. The van der Waals surface area contributed by atoms with Gasteiger partial charge in [0.15, 0.2) is 0 Å². The molecule has 0 saturated carbocycles. The summed E-state index contributed by atoms with van der Waals surface area (Å²) in [5, 5.41) is 9.29. The first-order valence-corrected chi connectivity index (χ1v) is 7.85. The smallest absolute Gasteiger partial charge is 0.148 e. The second-order valence-electron chi connectivity index (χ2n) is 3.20. The summed E-state index contributed by atoms with van der Waals surface area (Å²) < 4.78 is 21.9. The predicted molar refractivity (Wildman–Crippen MR) is 66.6 cm³/mol. The molecule has 1 rings (SSSR count). The molecule has 0 fully saturated rings. The lowest BCUT2D eigenvalue weighted by molar-refractivity contribution is 0.603. The van der Waals surface area contributed by atoms with Gasteiger partial charge in [-0.05, 0) is 12.1 Å². The van der Waals surface area contributed by atoms with Gasteiger partial charge in [-0.3, -0.25) is 0 Å². The highest BCUT2D eigenvalue weighted by Gasteiger charge is 2.08. The molecule has 0 aromatic heterocycles. The fraction of sp³-hybridized carbons (Fsp3) is 0.300. The highest BCUT2D eigenvalue weighted by atomic mass is 35.5. The fourth-order valence-corrected chi connectivity index (χ4v) is 3.55. The van der Waals surface area contributed by atoms with Crippen molar-refractivity contribution in [1.29, 1.82) is 5.26 Å². The van der Waals surface area contributed by atoms with E-state index in [2.05, 4.69) is 0 Å². The summed E-state index contributed by atoms with van der Waals surface area (Å²) in [6.45, 7) is 0. The van der Waals surface area contributed by atoms with Crippen LogP contribution in [0.15, 0.2) is 23.1 Å². The third-order valence-corrected chi connectivity index (χ3v) is 4.38. The van der Waals surface area contributed by atoms with Gasteiger partial charge in [0.2, 0.25) is 0 Å². The minimum Gasteiger partial charge on any atom is -0.229 e. The van der Waals surface area contributed by atoms with Gasteiger partial charge < -0.3 is 0 Å². The standard InChI is InChI=1S/C10H10ClNO2S2/c1-16(13,14)6-5-15-10-4-2-3-9(11)8(10)7-12/h2-4H,5-6H2,1H3. The zero-order chi connectivity index (χ0) is 12.2. The summed E-state index contributed by atoms with van der Waals surface area (Å²) in [5.74, 6) is 0.517. The highest BCUT2D eigenvalue weighted by molar-refractivity contribution is 8.00. The molecule has 86 valence electrons. The molecule has 1 aromatic rings. The molecular formula is C10H10ClNO2S2. The number of thioether (sulfide) groups is 1. The van der Waals surface area contributed by atoms with Crippen molar-refractivity contribution >= 4 is 33.2 Å². The van der Waals surface area contributed by atoms with Gasteiger partial charge in [0.25, 0.3) is 0 Å². The molecular weight excluding hydrogens is 266 g/mol. The predicted octanol–water partition coefficient (Wildman–Crippen LogP) is 2.35. The number of hydrogen-bond acceptors (Lipinski definition) is 4. The Morgan fingerprint density at radius 3 is 2.75 bits per heavy atom. The summed E-state index contributed by atoms with van der Waals surface area (Å²) in [6, 6.07) is 7.15. The van der Waals surface area contributed by atoms with Crippen LogP contribution in [-0.4, -0.2) is 26.2 Å². The second kappa shape index (κ2) is 5.58. The van der Waals surface area contributed by atoms with Crippen LogP contribution in [0.25, 0.3) is 0 Å². The molecule has 0 aliphatic rings. The Bertz CT molecular complexity index is 520. The lowest BCUT2D eigenvalue weighted by atomic mass is 10.2. The number of sulfone groups is 1. The molecule has 0 bridgehead atoms. The number of nitriles is 1. The number of hydrogen-bond donors (Lipinski definition) is 0. The van der Waals surface area contributed by atoms with Gasteiger partial charge in [-0.2, -0.15) is 5.26 Å². The number of halogens is 1. The van der Waals surface area contributed by atoms with Crippen LogP contribution in [0.2, 0.25) is 5.02 Å². The van der Waals surface area contributed by atoms with Crippen LogP contribution >= 0.6 is 23.4 Å². The molecule has 0 aliphatic heterocycles. The van der Waals surface area contributed by atoms with Gasteiger partial charge >= 0.3 is 0 Å². The van der Waals surface area contributed by atoms with Gasteiger partial charge in [0.05, 0.1) is 16.3 Å². The topological polar surface area (TPSA) is 57.9 Å². The average Bonchev–Trinajstić information content (AvgIpc) is 2.16. The van der Waals surface area contributed by atoms with E-state index in [4.69, 9.17) is 16.9 Å². The van der Waals surface area contributed by atoms with Crippen LogP contribution < -0.4 is 0 Å². The zero-order valence-corrected chi connectivity index (χ0v) is 11.0. The molecule has 16 heavy (non-hydrogen) atoms. The number of rotatable bonds is 4. The average molecular weight is 276 g/mol. The van der Waals surface area contributed by atoms with Crippen molar-refractivity contribution in [2.75, 3.05) is 17.8 Å². The first kappa shape index (κ1) is 13.4. The van der Waals surface area contributed by atoms with E-state index >= 15 is 0 Å². The SMILES string of the molecule is CS(=O)(=O)CCSc1cccc(Cl)c1C#N. The lowest BCUT2D eigenvalue weighted by Crippen LogP contribution is -2.05. The Balaban J connectivity index is 2.76. The summed E-state index contributed by atoms with van der Waals surface area (Å²) in [7, 11) is -2.96. The molecule has 0 heterocycles. The van der Waals surface area contributed by atoms with Crippen LogP contribution in [0.3, 0.4) is 0 Å². The minimum absolute atomic E-state index is 0.0923. The Kier molecular flexibility index (Phi) is 4.66. The summed E-state index contributed by atoms with van der Waals surface area (Å²) in [4.78, 5) is 0.721. The van der Waals surface area contributed by atoms with Crippen molar-refractivity contribution in [3.05, 3.63) is 28.8 Å². The normalized spacial score (nSPS) is 11.1. The molecule has 0 N–H and O–H groups in total. The van der Waals surface area contributed by atoms with Crippen molar-refractivity contribution in [3.8, 4) is 6.07 Å². The van der Waals surface area contributed by atoms with Crippen molar-refractivity contribution in [2.24, 2.45) is 0 Å². The van der Waals surface area contributed by atoms with E-state index in [0.717, 1.165) is 4.90 Å². The van der Waals surface area contributed by atoms with Crippen molar-refractivity contribution < 1.29 is 8.42 Å². The van der Waals surface area contributed by atoms with Crippen LogP contribution in [0.4, 0.5) is 0 Å². The third kappa shape index (κ3) is 4.05. The molecule has 0 saturated heterocycles. The Hall–Kier alpha value is -0.700. The molecule has 0 amide bonds. The molecule has 0 spiro atoms. The van der Waals surface area contributed by atoms with Gasteiger partial charge in [-0.25, -0.2) is 8.42 Å². The zero-order valence-electron chi connectivity index (χ0n) is 8.60. The number of nitrogens with zero attached hydrogens (tertiary/aromatic N) is 1. The van der Waals surface area contributed by atoms with E-state index in [-0.39, 0.29) is 5.75 Å². The van der Waals surface area contributed by atoms with Gasteiger partial charge in [-0.1, -0.05) is 17.7 Å². The Labute approximate surface area is 104 Å². The van der Waals surface area contributed by atoms with E-state index in [9.17, 15) is 8.42 Å². The lowest BCUT2D eigenvalue weighted by Gasteiger charge is -2.04. The van der Waals surface area contributed by atoms with E-state index in [0.29, 0.717) is 16.3 Å². The fourth-order valence-electron chi connectivity index (χ4n) is 1.04.